The average molecular weight is 521 g/mol. The van der Waals surface area contributed by atoms with Crippen LogP contribution in [0.1, 0.15) is 28.4 Å². The minimum absolute atomic E-state index is 0.134. The molecule has 3 aromatic carbocycles. The van der Waals surface area contributed by atoms with Crippen LogP contribution < -0.4 is 11.0 Å². The van der Waals surface area contributed by atoms with Crippen molar-refractivity contribution >= 4 is 45.3 Å². The van der Waals surface area contributed by atoms with Crippen LogP contribution in [-0.4, -0.2) is 37.3 Å². The second kappa shape index (κ2) is 7.75. The van der Waals surface area contributed by atoms with Gasteiger partial charge in [-0.1, -0.05) is 0 Å². The van der Waals surface area contributed by atoms with Gasteiger partial charge in [-0.15, -0.1) is 0 Å². The Kier molecular flexibility index (Phi) is 4.42. The van der Waals surface area contributed by atoms with Gasteiger partial charge in [0.15, 0.2) is 23.7 Å². The number of aliphatic imine (C=N–C) groups is 3. The minimum Gasteiger partial charge on any atom is -0.324 e. The van der Waals surface area contributed by atoms with Crippen LogP contribution in [0.15, 0.2) is 79.6 Å². The van der Waals surface area contributed by atoms with Gasteiger partial charge in [-0.2, -0.15) is 0 Å². The van der Waals surface area contributed by atoms with E-state index in [9.17, 15) is 30.3 Å². The predicted molar refractivity (Wildman–Crippen MR) is 136 cm³/mol. The fourth-order valence-electron chi connectivity index (χ4n) is 4.75. The van der Waals surface area contributed by atoms with Crippen LogP contribution in [0.3, 0.4) is 0 Å². The summed E-state index contributed by atoms with van der Waals surface area (Å²) >= 11 is 0. The number of amidine groups is 3. The number of hydrogen-bond acceptors (Lipinski definition) is 11. The minimum atomic E-state index is -0.883. The number of nitrogens with zero attached hydrogens (tertiary/aromatic N) is 8. The molecule has 0 amide bonds. The number of benzene rings is 3. The van der Waals surface area contributed by atoms with Crippen molar-refractivity contribution in [1.82, 2.24) is 4.98 Å². The maximum atomic E-state index is 11.5. The largest absolute Gasteiger partial charge is 0.324 e. The first-order chi connectivity index (χ1) is 18.8. The number of aromatic nitrogens is 1. The number of non-ortho nitro benzene ring substituents is 3. The fraction of sp³-hybridized carbons (Fsp3) is 0.0417. The number of aromatic amines is 1. The van der Waals surface area contributed by atoms with E-state index < -0.39 is 20.9 Å². The van der Waals surface area contributed by atoms with Crippen molar-refractivity contribution in [3.8, 4) is 0 Å². The highest BCUT2D eigenvalue weighted by molar-refractivity contribution is 6.23. The van der Waals surface area contributed by atoms with Gasteiger partial charge < -0.3 is 4.98 Å². The van der Waals surface area contributed by atoms with Gasteiger partial charge in [-0.05, 0) is 18.2 Å². The normalized spacial score (nSPS) is 17.7. The van der Waals surface area contributed by atoms with E-state index in [-0.39, 0.29) is 45.5 Å². The molecule has 1 aromatic heterocycles. The summed E-state index contributed by atoms with van der Waals surface area (Å²) in [5, 5.41) is 35.3. The van der Waals surface area contributed by atoms with E-state index in [1.54, 1.807) is 0 Å². The van der Waals surface area contributed by atoms with Crippen LogP contribution in [0.4, 0.5) is 17.1 Å². The molecule has 15 heteroatoms. The smallest absolute Gasteiger partial charge is 0.270 e. The zero-order valence-corrected chi connectivity index (χ0v) is 19.3. The monoisotopic (exact) mass is 521 g/mol. The quantitative estimate of drug-likeness (QED) is 0.316. The predicted octanol–water partition coefficient (Wildman–Crippen LogP) is 2.81. The summed E-state index contributed by atoms with van der Waals surface area (Å²) in [5.41, 5.74) is 1.72. The van der Waals surface area contributed by atoms with Gasteiger partial charge in [-0.25, -0.2) is 25.0 Å². The summed E-state index contributed by atoms with van der Waals surface area (Å²) in [5.74, 6) is 0.471. The summed E-state index contributed by atoms with van der Waals surface area (Å²) in [6.45, 7) is 0. The fourth-order valence-corrected chi connectivity index (χ4v) is 4.75. The number of nitro benzene ring substituents is 3. The SMILES string of the molecule is O=[N+]([O-])c1ccc2c(c1)C1=NC2/N=C2\N=C(N=c3[nH]c(c4ccc([N+](=O)[O-])cc34)=N1)c1ccc([N+](=O)[O-])cc12. The van der Waals surface area contributed by atoms with Crippen molar-refractivity contribution in [1.29, 1.82) is 0 Å². The zero-order valence-electron chi connectivity index (χ0n) is 19.3. The zero-order chi connectivity index (χ0) is 27.0. The molecule has 0 saturated heterocycles. The first-order valence-corrected chi connectivity index (χ1v) is 11.3. The number of hydrogen-bond donors (Lipinski definition) is 1. The van der Waals surface area contributed by atoms with E-state index in [0.29, 0.717) is 33.0 Å². The Morgan fingerprint density at radius 3 is 1.87 bits per heavy atom. The Morgan fingerprint density at radius 1 is 0.590 bits per heavy atom. The van der Waals surface area contributed by atoms with E-state index >= 15 is 0 Å². The maximum absolute atomic E-state index is 11.5. The third kappa shape index (κ3) is 3.33. The first kappa shape index (κ1) is 22.2. The van der Waals surface area contributed by atoms with E-state index in [1.807, 2.05) is 0 Å². The standard InChI is InChI=1S/C24H11N9O6/c34-31(35)10-1-4-13-16(7-10)22-25-19(13)28-23-17-8-11(32(36)37)2-5-14(17)21(26-23)30-24-18-9-12(33(38)39)3-6-15(18)20(27-24)29-22/h1-9,19H,(H,25,26,27,28,29,30). The third-order valence-electron chi connectivity index (χ3n) is 6.56. The summed E-state index contributed by atoms with van der Waals surface area (Å²) < 4.78 is 0. The Balaban J connectivity index is 1.59. The highest BCUT2D eigenvalue weighted by Gasteiger charge is 2.31. The molecule has 0 saturated carbocycles. The molecule has 1 N–H and O–H groups in total. The van der Waals surface area contributed by atoms with Gasteiger partial charge in [0, 0.05) is 69.4 Å². The van der Waals surface area contributed by atoms with Gasteiger partial charge in [0.2, 0.25) is 0 Å². The second-order valence-electron chi connectivity index (χ2n) is 8.76. The van der Waals surface area contributed by atoms with Gasteiger partial charge in [0.25, 0.3) is 17.1 Å². The number of H-pyrrole nitrogens is 1. The van der Waals surface area contributed by atoms with E-state index in [2.05, 4.69) is 29.9 Å². The summed E-state index contributed by atoms with van der Waals surface area (Å²) in [7, 11) is 0. The molecule has 15 nitrogen and oxygen atoms in total. The molecule has 6 bridgehead atoms. The molecule has 4 heterocycles. The molecule has 3 aliphatic rings. The van der Waals surface area contributed by atoms with Crippen LogP contribution in [0.25, 0.3) is 10.8 Å². The molecule has 1 atom stereocenters. The number of nitro groups is 3. The van der Waals surface area contributed by atoms with Gasteiger partial charge in [-0.3, -0.25) is 30.3 Å². The van der Waals surface area contributed by atoms with Crippen LogP contribution in [0.2, 0.25) is 0 Å². The average Bonchev–Trinajstić information content (AvgIpc) is 3.55. The third-order valence-corrected chi connectivity index (χ3v) is 6.56. The second-order valence-corrected chi connectivity index (χ2v) is 8.76. The molecular weight excluding hydrogens is 510 g/mol. The summed E-state index contributed by atoms with van der Waals surface area (Å²) in [6.07, 6.45) is -0.883. The number of fused-ring (bicyclic) bond motifs is 13. The van der Waals surface area contributed by atoms with Gasteiger partial charge in [0.1, 0.15) is 11.0 Å². The molecule has 0 spiro atoms. The van der Waals surface area contributed by atoms with Crippen molar-refractivity contribution in [3.05, 3.63) is 118 Å². The first-order valence-electron chi connectivity index (χ1n) is 11.3. The number of rotatable bonds is 3. The van der Waals surface area contributed by atoms with Crippen molar-refractivity contribution in [3.63, 3.8) is 0 Å². The number of nitrogens with one attached hydrogen (secondary N) is 1. The lowest BCUT2D eigenvalue weighted by Crippen LogP contribution is -2.15. The molecule has 1 unspecified atom stereocenters. The maximum Gasteiger partial charge on any atom is 0.270 e. The molecule has 3 aliphatic heterocycles. The summed E-state index contributed by atoms with van der Waals surface area (Å²) in [4.78, 5) is 58.9. The lowest BCUT2D eigenvalue weighted by Gasteiger charge is -2.06. The Bertz CT molecular complexity index is 2080. The molecule has 0 fully saturated rings. The van der Waals surface area contributed by atoms with Crippen LogP contribution in [-0.2, 0) is 0 Å². The molecule has 39 heavy (non-hydrogen) atoms. The molecule has 7 rings (SSSR count). The van der Waals surface area contributed by atoms with Crippen molar-refractivity contribution in [2.24, 2.45) is 25.0 Å². The Morgan fingerprint density at radius 2 is 1.15 bits per heavy atom. The van der Waals surface area contributed by atoms with E-state index in [1.165, 1.54) is 54.6 Å². The van der Waals surface area contributed by atoms with Crippen LogP contribution in [0.5, 0.6) is 0 Å². The molecule has 0 aliphatic carbocycles. The topological polar surface area (TPSA) is 207 Å². The highest BCUT2D eigenvalue weighted by atomic mass is 16.6. The lowest BCUT2D eigenvalue weighted by atomic mass is 10.1. The molecule has 188 valence electrons. The highest BCUT2D eigenvalue weighted by Crippen LogP contribution is 2.36. The van der Waals surface area contributed by atoms with E-state index in [4.69, 9.17) is 0 Å². The molecular formula is C24H11N9O6. The van der Waals surface area contributed by atoms with Crippen molar-refractivity contribution in [2.45, 2.75) is 6.17 Å². The summed E-state index contributed by atoms with van der Waals surface area (Å²) in [6, 6.07) is 12.6. The van der Waals surface area contributed by atoms with Crippen LogP contribution >= 0.6 is 0 Å². The van der Waals surface area contributed by atoms with Crippen molar-refractivity contribution < 1.29 is 14.8 Å². The molecule has 4 aromatic rings. The van der Waals surface area contributed by atoms with Gasteiger partial charge in [0.05, 0.1) is 14.8 Å². The molecule has 0 radical (unpaired) electrons. The Hall–Kier alpha value is -5.99. The van der Waals surface area contributed by atoms with Crippen molar-refractivity contribution in [2.75, 3.05) is 0 Å². The van der Waals surface area contributed by atoms with Crippen LogP contribution in [0, 0.1) is 30.3 Å². The van der Waals surface area contributed by atoms with E-state index in [0.717, 1.165) is 0 Å². The lowest BCUT2D eigenvalue weighted by molar-refractivity contribution is -0.385. The Labute approximate surface area is 214 Å². The van der Waals surface area contributed by atoms with Gasteiger partial charge >= 0.3 is 0 Å².